The number of fused-ring (bicyclic) bond motifs is 1. The number of ether oxygens (including phenoxy) is 3. The van der Waals surface area contributed by atoms with Crippen LogP contribution in [0.5, 0.6) is 17.2 Å². The van der Waals surface area contributed by atoms with Crippen LogP contribution in [0.1, 0.15) is 44.6 Å². The van der Waals surface area contributed by atoms with Crippen LogP contribution < -0.4 is 19.1 Å². The van der Waals surface area contributed by atoms with E-state index in [0.717, 1.165) is 36.7 Å². The number of carbonyl (C=O) groups excluding carboxylic acids is 3. The Morgan fingerprint density at radius 3 is 2.55 bits per heavy atom. The number of nitrogens with zero attached hydrogens (tertiary/aromatic N) is 2. The first-order chi connectivity index (χ1) is 18.4. The highest BCUT2D eigenvalue weighted by Gasteiger charge is 2.44. The summed E-state index contributed by atoms with van der Waals surface area (Å²) in [6.07, 6.45) is 5.69. The van der Waals surface area contributed by atoms with Crippen molar-refractivity contribution in [3.8, 4) is 17.2 Å². The summed E-state index contributed by atoms with van der Waals surface area (Å²) in [5, 5.41) is 8.98. The van der Waals surface area contributed by atoms with Crippen LogP contribution in [0, 0.1) is 0 Å². The number of rotatable bonds is 12. The Kier molecular flexibility index (Phi) is 8.62. The number of aliphatic carboxylic acids is 1. The van der Waals surface area contributed by atoms with Crippen molar-refractivity contribution in [2.45, 2.75) is 51.6 Å². The van der Waals surface area contributed by atoms with Crippen LogP contribution >= 0.6 is 0 Å². The van der Waals surface area contributed by atoms with E-state index in [9.17, 15) is 19.2 Å². The molecule has 2 aliphatic rings. The van der Waals surface area contributed by atoms with Gasteiger partial charge in [0.05, 0.1) is 18.7 Å². The second-order valence-electron chi connectivity index (χ2n) is 9.02. The van der Waals surface area contributed by atoms with E-state index in [1.54, 1.807) is 42.5 Å². The highest BCUT2D eigenvalue weighted by atomic mass is 16.7. The summed E-state index contributed by atoms with van der Waals surface area (Å²) in [5.74, 6) is -1.34. The molecule has 0 aromatic heterocycles. The Balaban J connectivity index is 1.50. The minimum absolute atomic E-state index is 0.0399. The molecule has 2 heterocycles. The molecule has 0 aliphatic carbocycles. The van der Waals surface area contributed by atoms with Crippen LogP contribution in [0.4, 0.5) is 5.69 Å². The van der Waals surface area contributed by atoms with Crippen LogP contribution in [0.25, 0.3) is 0 Å². The molecule has 0 saturated carbocycles. The number of anilines is 1. The lowest BCUT2D eigenvalue weighted by atomic mass is 10.1. The number of hydrogen-bond donors (Lipinski definition) is 1. The van der Waals surface area contributed by atoms with Gasteiger partial charge in [0.1, 0.15) is 11.8 Å². The van der Waals surface area contributed by atoms with Crippen molar-refractivity contribution in [2.24, 2.45) is 0 Å². The summed E-state index contributed by atoms with van der Waals surface area (Å²) in [7, 11) is 0. The summed E-state index contributed by atoms with van der Waals surface area (Å²) in [6.45, 7) is 2.77. The molecule has 10 nitrogen and oxygen atoms in total. The molecule has 1 N–H and O–H groups in total. The third-order valence-corrected chi connectivity index (χ3v) is 6.30. The van der Waals surface area contributed by atoms with Gasteiger partial charge in [0, 0.05) is 18.7 Å². The quantitative estimate of drug-likeness (QED) is 0.255. The highest BCUT2D eigenvalue weighted by Crippen LogP contribution is 2.34. The molecule has 1 fully saturated rings. The molecule has 10 heteroatoms. The Labute approximate surface area is 220 Å². The maximum atomic E-state index is 13.4. The minimum Gasteiger partial charge on any atom is -0.494 e. The van der Waals surface area contributed by atoms with E-state index in [-0.39, 0.29) is 19.8 Å². The van der Waals surface area contributed by atoms with Gasteiger partial charge < -0.3 is 24.2 Å². The van der Waals surface area contributed by atoms with Crippen LogP contribution in [-0.2, 0) is 25.7 Å². The maximum absolute atomic E-state index is 13.4. The molecule has 1 atom stereocenters. The zero-order chi connectivity index (χ0) is 27.1. The molecule has 2 aromatic carbocycles. The third kappa shape index (κ3) is 6.31. The van der Waals surface area contributed by atoms with E-state index in [1.165, 1.54) is 4.90 Å². The molecule has 0 radical (unpaired) electrons. The van der Waals surface area contributed by atoms with Crippen LogP contribution in [-0.4, -0.2) is 53.1 Å². The van der Waals surface area contributed by atoms with Crippen LogP contribution in [0.2, 0.25) is 0 Å². The standard InChI is InChI=1S/C28H30N2O8/c1-2-3-4-5-14-36-21-9-7-20(8-10-21)30-26(32)16-22(28(30)35)29(25(31)12-13-27(33)34)17-19-6-11-23-24(15-19)38-18-37-23/h6-13,15,22H,2-5,14,16-18H2,1H3,(H,33,34)/b13-12+/t22-/m0/s1. The molecule has 2 aliphatic heterocycles. The van der Waals surface area contributed by atoms with E-state index in [0.29, 0.717) is 41.2 Å². The molecule has 0 bridgehead atoms. The largest absolute Gasteiger partial charge is 0.494 e. The van der Waals surface area contributed by atoms with Gasteiger partial charge in [-0.3, -0.25) is 14.4 Å². The first-order valence-electron chi connectivity index (χ1n) is 12.6. The van der Waals surface area contributed by atoms with Crippen LogP contribution in [0.15, 0.2) is 54.6 Å². The number of carbonyl (C=O) groups is 4. The van der Waals surface area contributed by atoms with Crippen molar-refractivity contribution in [1.82, 2.24) is 4.90 Å². The van der Waals surface area contributed by atoms with Gasteiger partial charge in [-0.15, -0.1) is 0 Å². The van der Waals surface area contributed by atoms with E-state index in [2.05, 4.69) is 6.92 Å². The molecule has 1 saturated heterocycles. The average Bonchev–Trinajstić information content (AvgIpc) is 3.49. The van der Waals surface area contributed by atoms with E-state index >= 15 is 0 Å². The number of benzene rings is 2. The summed E-state index contributed by atoms with van der Waals surface area (Å²) in [5.41, 5.74) is 1.00. The van der Waals surface area contributed by atoms with Crippen molar-refractivity contribution in [3.63, 3.8) is 0 Å². The summed E-state index contributed by atoms with van der Waals surface area (Å²) >= 11 is 0. The Bertz CT molecular complexity index is 1220. The molecule has 38 heavy (non-hydrogen) atoms. The van der Waals surface area contributed by atoms with Gasteiger partial charge in [0.2, 0.25) is 18.6 Å². The van der Waals surface area contributed by atoms with Gasteiger partial charge in [-0.1, -0.05) is 32.3 Å². The van der Waals surface area contributed by atoms with Gasteiger partial charge >= 0.3 is 5.97 Å². The lowest BCUT2D eigenvalue weighted by Crippen LogP contribution is -2.44. The van der Waals surface area contributed by atoms with Gasteiger partial charge in [-0.2, -0.15) is 0 Å². The highest BCUT2D eigenvalue weighted by molar-refractivity contribution is 6.23. The fourth-order valence-electron chi connectivity index (χ4n) is 4.36. The number of imide groups is 1. The first-order valence-corrected chi connectivity index (χ1v) is 12.6. The predicted octanol–water partition coefficient (Wildman–Crippen LogP) is 3.68. The second-order valence-corrected chi connectivity index (χ2v) is 9.02. The number of unbranched alkanes of at least 4 members (excludes halogenated alkanes) is 3. The Morgan fingerprint density at radius 1 is 1.05 bits per heavy atom. The van der Waals surface area contributed by atoms with Crippen molar-refractivity contribution in [1.29, 1.82) is 0 Å². The van der Waals surface area contributed by atoms with E-state index in [1.807, 2.05) is 0 Å². The molecule has 3 amide bonds. The molecule has 4 rings (SSSR count). The number of carboxylic acids is 1. The smallest absolute Gasteiger partial charge is 0.328 e. The predicted molar refractivity (Wildman–Crippen MR) is 137 cm³/mol. The molecule has 200 valence electrons. The van der Waals surface area contributed by atoms with Crippen molar-refractivity contribution < 1.29 is 38.5 Å². The summed E-state index contributed by atoms with van der Waals surface area (Å²) < 4.78 is 16.5. The molecule has 0 spiro atoms. The lowest BCUT2D eigenvalue weighted by Gasteiger charge is -2.27. The summed E-state index contributed by atoms with van der Waals surface area (Å²) in [6, 6.07) is 10.7. The van der Waals surface area contributed by atoms with Gasteiger partial charge in [0.15, 0.2) is 11.5 Å². The fourth-order valence-corrected chi connectivity index (χ4v) is 4.36. The van der Waals surface area contributed by atoms with Crippen LogP contribution in [0.3, 0.4) is 0 Å². The average molecular weight is 523 g/mol. The zero-order valence-electron chi connectivity index (χ0n) is 21.1. The normalized spacial score (nSPS) is 16.3. The number of hydrogen-bond acceptors (Lipinski definition) is 7. The Hall–Kier alpha value is -4.34. The molecular weight excluding hydrogens is 492 g/mol. The van der Waals surface area contributed by atoms with Crippen molar-refractivity contribution in [3.05, 3.63) is 60.2 Å². The minimum atomic E-state index is -1.30. The number of amides is 3. The van der Waals surface area contributed by atoms with E-state index < -0.39 is 29.7 Å². The van der Waals surface area contributed by atoms with Crippen molar-refractivity contribution in [2.75, 3.05) is 18.3 Å². The van der Waals surface area contributed by atoms with Gasteiger partial charge in [0.25, 0.3) is 5.91 Å². The SMILES string of the molecule is CCCCCCOc1ccc(N2C(=O)C[C@H](N(Cc3ccc4c(c3)OCO4)C(=O)/C=C/C(=O)O)C2=O)cc1. The molecular formula is C28H30N2O8. The molecule has 2 aromatic rings. The Morgan fingerprint density at radius 2 is 1.82 bits per heavy atom. The third-order valence-electron chi connectivity index (χ3n) is 6.30. The maximum Gasteiger partial charge on any atom is 0.328 e. The van der Waals surface area contributed by atoms with Crippen molar-refractivity contribution >= 4 is 29.4 Å². The molecule has 0 unspecified atom stereocenters. The first kappa shape index (κ1) is 26.7. The zero-order valence-corrected chi connectivity index (χ0v) is 21.1. The summed E-state index contributed by atoms with van der Waals surface area (Å²) in [4.78, 5) is 52.6. The monoisotopic (exact) mass is 522 g/mol. The van der Waals surface area contributed by atoms with Gasteiger partial charge in [-0.25, -0.2) is 9.69 Å². The number of carboxylic acid groups (broad SMARTS) is 1. The second kappa shape index (κ2) is 12.3. The van der Waals surface area contributed by atoms with E-state index in [4.69, 9.17) is 19.3 Å². The lowest BCUT2D eigenvalue weighted by molar-refractivity contribution is -0.135. The fraction of sp³-hybridized carbons (Fsp3) is 0.357. The topological polar surface area (TPSA) is 123 Å². The van der Waals surface area contributed by atoms with Gasteiger partial charge in [-0.05, 0) is 48.4 Å².